The van der Waals surface area contributed by atoms with Gasteiger partial charge in [0.15, 0.2) is 0 Å². The SMILES string of the molecule is Cc1cn2cc(NC(=O)NCC(O)COc3ccccc3)ccc2n1. The summed E-state index contributed by atoms with van der Waals surface area (Å²) in [6.45, 7) is 2.10. The third-order valence-electron chi connectivity index (χ3n) is 3.51. The topological polar surface area (TPSA) is 87.9 Å². The van der Waals surface area contributed by atoms with E-state index < -0.39 is 12.1 Å². The molecule has 25 heavy (non-hydrogen) atoms. The molecule has 1 aromatic carbocycles. The molecule has 3 rings (SSSR count). The van der Waals surface area contributed by atoms with E-state index in [1.165, 1.54) is 0 Å². The van der Waals surface area contributed by atoms with E-state index in [9.17, 15) is 9.90 Å². The van der Waals surface area contributed by atoms with E-state index in [0.717, 1.165) is 11.3 Å². The zero-order chi connectivity index (χ0) is 17.6. The molecule has 1 unspecified atom stereocenters. The number of aromatic nitrogens is 2. The van der Waals surface area contributed by atoms with E-state index in [-0.39, 0.29) is 13.2 Å². The number of aryl methyl sites for hydroxylation is 1. The molecule has 0 saturated heterocycles. The van der Waals surface area contributed by atoms with Crippen molar-refractivity contribution in [3.05, 3.63) is 60.6 Å². The number of urea groups is 1. The van der Waals surface area contributed by atoms with Crippen LogP contribution in [0.5, 0.6) is 5.75 Å². The molecule has 3 aromatic rings. The number of para-hydroxylation sites is 1. The number of anilines is 1. The summed E-state index contributed by atoms with van der Waals surface area (Å²) in [5.74, 6) is 0.676. The molecule has 2 aromatic heterocycles. The van der Waals surface area contributed by atoms with Gasteiger partial charge in [0.25, 0.3) is 0 Å². The number of aliphatic hydroxyl groups is 1. The van der Waals surface area contributed by atoms with Gasteiger partial charge in [-0.3, -0.25) is 0 Å². The van der Waals surface area contributed by atoms with E-state index in [4.69, 9.17) is 4.74 Å². The Balaban J connectivity index is 1.45. The smallest absolute Gasteiger partial charge is 0.319 e. The first-order valence-electron chi connectivity index (χ1n) is 7.96. The molecule has 0 aliphatic heterocycles. The molecule has 0 fully saturated rings. The van der Waals surface area contributed by atoms with Gasteiger partial charge >= 0.3 is 6.03 Å². The van der Waals surface area contributed by atoms with Crippen molar-refractivity contribution >= 4 is 17.4 Å². The molecule has 0 radical (unpaired) electrons. The first-order valence-corrected chi connectivity index (χ1v) is 7.96. The maximum absolute atomic E-state index is 11.9. The Labute approximate surface area is 145 Å². The van der Waals surface area contributed by atoms with E-state index in [2.05, 4.69) is 15.6 Å². The monoisotopic (exact) mass is 340 g/mol. The number of nitrogens with one attached hydrogen (secondary N) is 2. The van der Waals surface area contributed by atoms with Gasteiger partial charge in [0.2, 0.25) is 0 Å². The maximum Gasteiger partial charge on any atom is 0.319 e. The third kappa shape index (κ3) is 4.71. The molecule has 7 nitrogen and oxygen atoms in total. The molecule has 2 heterocycles. The Kier molecular flexibility index (Phi) is 5.15. The summed E-state index contributed by atoms with van der Waals surface area (Å²) in [5, 5.41) is 15.2. The average Bonchev–Trinajstić information content (AvgIpc) is 2.98. The van der Waals surface area contributed by atoms with Gasteiger partial charge in [-0.2, -0.15) is 0 Å². The van der Waals surface area contributed by atoms with Gasteiger partial charge in [-0.15, -0.1) is 0 Å². The molecule has 1 atom stereocenters. The molecule has 0 aliphatic rings. The number of ether oxygens (including phenoxy) is 1. The van der Waals surface area contributed by atoms with Crippen LogP contribution in [0.15, 0.2) is 54.9 Å². The lowest BCUT2D eigenvalue weighted by molar-refractivity contribution is 0.108. The highest BCUT2D eigenvalue weighted by molar-refractivity contribution is 5.89. The van der Waals surface area contributed by atoms with Gasteiger partial charge in [-0.1, -0.05) is 18.2 Å². The number of imidazole rings is 1. The zero-order valence-corrected chi connectivity index (χ0v) is 13.8. The van der Waals surface area contributed by atoms with Crippen LogP contribution in [0, 0.1) is 6.92 Å². The lowest BCUT2D eigenvalue weighted by Crippen LogP contribution is -2.37. The van der Waals surface area contributed by atoms with Crippen molar-refractivity contribution in [2.24, 2.45) is 0 Å². The number of hydrogen-bond acceptors (Lipinski definition) is 4. The lowest BCUT2D eigenvalue weighted by atomic mass is 10.3. The highest BCUT2D eigenvalue weighted by Crippen LogP contribution is 2.11. The average molecular weight is 340 g/mol. The Morgan fingerprint density at radius 2 is 2.04 bits per heavy atom. The number of carbonyl (C=O) groups excluding carboxylic acids is 1. The molecule has 3 N–H and O–H groups in total. The standard InChI is InChI=1S/C18H20N4O3/c1-13-10-22-11-14(7-8-17(22)20-13)21-18(24)19-9-15(23)12-25-16-5-3-2-4-6-16/h2-8,10-11,15,23H,9,12H2,1H3,(H2,19,21,24). The molecular weight excluding hydrogens is 320 g/mol. The van der Waals surface area contributed by atoms with Crippen molar-refractivity contribution in [3.8, 4) is 5.75 Å². The van der Waals surface area contributed by atoms with Gasteiger partial charge < -0.3 is 24.9 Å². The molecule has 130 valence electrons. The van der Waals surface area contributed by atoms with Crippen LogP contribution in [0.1, 0.15) is 5.69 Å². The minimum atomic E-state index is -0.801. The molecule has 2 amide bonds. The number of rotatable bonds is 6. The summed E-state index contributed by atoms with van der Waals surface area (Å²) in [4.78, 5) is 16.3. The number of aliphatic hydroxyl groups excluding tert-OH is 1. The Morgan fingerprint density at radius 1 is 1.24 bits per heavy atom. The first-order chi connectivity index (χ1) is 12.1. The van der Waals surface area contributed by atoms with Gasteiger partial charge in [-0.05, 0) is 31.2 Å². The van der Waals surface area contributed by atoms with Crippen molar-refractivity contribution in [2.75, 3.05) is 18.5 Å². The summed E-state index contributed by atoms with van der Waals surface area (Å²) in [6, 6.07) is 12.4. The Hall–Kier alpha value is -3.06. The fourth-order valence-corrected chi connectivity index (χ4v) is 2.35. The van der Waals surface area contributed by atoms with E-state index >= 15 is 0 Å². The second kappa shape index (κ2) is 7.67. The van der Waals surface area contributed by atoms with Crippen molar-refractivity contribution in [1.29, 1.82) is 0 Å². The fraction of sp³-hybridized carbons (Fsp3) is 0.222. The van der Waals surface area contributed by atoms with E-state index in [0.29, 0.717) is 11.4 Å². The minimum Gasteiger partial charge on any atom is -0.491 e. The number of carbonyl (C=O) groups is 1. The fourth-order valence-electron chi connectivity index (χ4n) is 2.35. The van der Waals surface area contributed by atoms with E-state index in [1.54, 1.807) is 24.4 Å². The summed E-state index contributed by atoms with van der Waals surface area (Å²) in [5.41, 5.74) is 2.36. The van der Waals surface area contributed by atoms with E-state index in [1.807, 2.05) is 41.8 Å². The molecule has 0 aliphatic carbocycles. The number of amides is 2. The highest BCUT2D eigenvalue weighted by atomic mass is 16.5. The molecule has 0 saturated carbocycles. The van der Waals surface area contributed by atoms with Crippen LogP contribution in [-0.2, 0) is 0 Å². The normalized spacial score (nSPS) is 11.9. The quantitative estimate of drug-likeness (QED) is 0.642. The largest absolute Gasteiger partial charge is 0.491 e. The predicted molar refractivity (Wildman–Crippen MR) is 94.9 cm³/mol. The van der Waals surface area contributed by atoms with Gasteiger partial charge in [0.05, 0.1) is 11.4 Å². The molecular formula is C18H20N4O3. The van der Waals surface area contributed by atoms with Crippen LogP contribution in [0.2, 0.25) is 0 Å². The summed E-state index contributed by atoms with van der Waals surface area (Å²) in [7, 11) is 0. The van der Waals surface area contributed by atoms with Crippen LogP contribution in [0.4, 0.5) is 10.5 Å². The van der Waals surface area contributed by atoms with Gasteiger partial charge in [0.1, 0.15) is 24.1 Å². The zero-order valence-electron chi connectivity index (χ0n) is 13.8. The molecule has 0 spiro atoms. The van der Waals surface area contributed by atoms with Crippen molar-refractivity contribution in [1.82, 2.24) is 14.7 Å². The number of hydrogen-bond donors (Lipinski definition) is 3. The number of benzene rings is 1. The number of nitrogens with zero attached hydrogens (tertiary/aromatic N) is 2. The second-order valence-corrected chi connectivity index (χ2v) is 5.68. The summed E-state index contributed by atoms with van der Waals surface area (Å²) in [6.07, 6.45) is 2.86. The van der Waals surface area contributed by atoms with Crippen LogP contribution in [0.3, 0.4) is 0 Å². The molecule has 0 bridgehead atoms. The predicted octanol–water partition coefficient (Wildman–Crippen LogP) is 2.20. The van der Waals surface area contributed by atoms with Crippen LogP contribution in [0.25, 0.3) is 5.65 Å². The highest BCUT2D eigenvalue weighted by Gasteiger charge is 2.09. The Morgan fingerprint density at radius 3 is 2.84 bits per heavy atom. The lowest BCUT2D eigenvalue weighted by Gasteiger charge is -2.14. The number of pyridine rings is 1. The second-order valence-electron chi connectivity index (χ2n) is 5.68. The summed E-state index contributed by atoms with van der Waals surface area (Å²) < 4.78 is 7.28. The third-order valence-corrected chi connectivity index (χ3v) is 3.51. The van der Waals surface area contributed by atoms with Crippen molar-refractivity contribution in [3.63, 3.8) is 0 Å². The van der Waals surface area contributed by atoms with Crippen LogP contribution in [-0.4, -0.2) is 39.8 Å². The van der Waals surface area contributed by atoms with Gasteiger partial charge in [0, 0.05) is 18.9 Å². The number of fused-ring (bicyclic) bond motifs is 1. The van der Waals surface area contributed by atoms with Crippen molar-refractivity contribution < 1.29 is 14.6 Å². The Bertz CT molecular complexity index is 848. The van der Waals surface area contributed by atoms with Gasteiger partial charge in [-0.25, -0.2) is 9.78 Å². The van der Waals surface area contributed by atoms with Crippen LogP contribution < -0.4 is 15.4 Å². The maximum atomic E-state index is 11.9. The van der Waals surface area contributed by atoms with Crippen LogP contribution >= 0.6 is 0 Å². The minimum absolute atomic E-state index is 0.0884. The van der Waals surface area contributed by atoms with Crippen molar-refractivity contribution in [2.45, 2.75) is 13.0 Å². The first kappa shape index (κ1) is 16.8. The molecule has 7 heteroatoms. The summed E-state index contributed by atoms with van der Waals surface area (Å²) >= 11 is 0.